The zero-order chi connectivity index (χ0) is 17.9. The summed E-state index contributed by atoms with van der Waals surface area (Å²) in [4.78, 5) is 8.98. The number of hydrogen-bond acceptors (Lipinski definition) is 3. The van der Waals surface area contributed by atoms with Crippen molar-refractivity contribution < 1.29 is 0 Å². The normalized spacial score (nSPS) is 16.5. The number of nitrogens with one attached hydrogen (secondary N) is 2. The number of aliphatic imine (C=N–C) groups is 1. The molecule has 3 aromatic rings. The van der Waals surface area contributed by atoms with Gasteiger partial charge in [0.15, 0.2) is 5.96 Å². The smallest absolute Gasteiger partial charge is 0.191 e. The number of aromatic nitrogens is 3. The third-order valence-corrected chi connectivity index (χ3v) is 4.84. The van der Waals surface area contributed by atoms with Gasteiger partial charge in [-0.15, -0.1) is 24.0 Å². The molecule has 0 radical (unpaired) electrons. The van der Waals surface area contributed by atoms with Gasteiger partial charge < -0.3 is 10.6 Å². The molecule has 4 rings (SSSR count). The lowest BCUT2D eigenvalue weighted by atomic mass is 10.0. The molecule has 0 bridgehead atoms. The van der Waals surface area contributed by atoms with Crippen LogP contribution in [0.25, 0.3) is 10.8 Å². The number of hydrogen-bond donors (Lipinski definition) is 2. The van der Waals surface area contributed by atoms with E-state index in [4.69, 9.17) is 0 Å². The molecule has 142 valence electrons. The molecule has 1 aromatic heterocycles. The predicted octanol–water partition coefficient (Wildman–Crippen LogP) is 3.56. The van der Waals surface area contributed by atoms with Gasteiger partial charge >= 0.3 is 0 Å². The molecular weight excluding hydrogens is 451 g/mol. The number of benzene rings is 2. The van der Waals surface area contributed by atoms with E-state index >= 15 is 0 Å². The van der Waals surface area contributed by atoms with Crippen LogP contribution in [0.3, 0.4) is 0 Å². The maximum atomic E-state index is 4.59. The van der Waals surface area contributed by atoms with Crippen LogP contribution in [-0.2, 0) is 13.1 Å². The monoisotopic (exact) mass is 476 g/mol. The van der Waals surface area contributed by atoms with Gasteiger partial charge in [0, 0.05) is 20.1 Å². The Kier molecular flexibility index (Phi) is 6.30. The minimum atomic E-state index is 0. The van der Waals surface area contributed by atoms with Crippen LogP contribution in [0.15, 0.2) is 47.5 Å². The zero-order valence-corrected chi connectivity index (χ0v) is 18.0. The van der Waals surface area contributed by atoms with Crippen LogP contribution in [0, 0.1) is 6.92 Å². The molecule has 0 saturated carbocycles. The van der Waals surface area contributed by atoms with Gasteiger partial charge in [0.25, 0.3) is 0 Å². The van der Waals surface area contributed by atoms with E-state index in [1.54, 1.807) is 7.05 Å². The molecular formula is C20H25IN6. The van der Waals surface area contributed by atoms with E-state index in [1.807, 2.05) is 11.6 Å². The molecule has 0 fully saturated rings. The van der Waals surface area contributed by atoms with Crippen molar-refractivity contribution in [3.8, 4) is 0 Å². The van der Waals surface area contributed by atoms with E-state index in [2.05, 4.69) is 68.2 Å². The summed E-state index contributed by atoms with van der Waals surface area (Å²) < 4.78 is 2.01. The fourth-order valence-corrected chi connectivity index (χ4v) is 3.59. The number of nitrogens with zero attached hydrogens (tertiary/aromatic N) is 4. The molecule has 1 atom stereocenters. The van der Waals surface area contributed by atoms with Crippen molar-refractivity contribution in [2.45, 2.75) is 38.9 Å². The number of aryl methyl sites for hydroxylation is 2. The van der Waals surface area contributed by atoms with Gasteiger partial charge in [0.2, 0.25) is 0 Å². The summed E-state index contributed by atoms with van der Waals surface area (Å²) in [5.41, 5.74) is 1.26. The van der Waals surface area contributed by atoms with Crippen LogP contribution in [0.1, 0.15) is 36.1 Å². The van der Waals surface area contributed by atoms with Gasteiger partial charge in [-0.05, 0) is 36.1 Å². The summed E-state index contributed by atoms with van der Waals surface area (Å²) in [7, 11) is 1.80. The number of fused-ring (bicyclic) bond motifs is 2. The highest BCUT2D eigenvalue weighted by Crippen LogP contribution is 2.23. The molecule has 0 saturated heterocycles. The van der Waals surface area contributed by atoms with Crippen LogP contribution in [-0.4, -0.2) is 27.8 Å². The largest absolute Gasteiger partial charge is 0.352 e. The SMILES string of the molecule is CN=C(NCc1cccc2ccccc12)NC1CCCn2nc(C)nc21.I. The Hall–Kier alpha value is -2.16. The molecule has 6 nitrogen and oxygen atoms in total. The predicted molar refractivity (Wildman–Crippen MR) is 119 cm³/mol. The Morgan fingerprint density at radius 2 is 2.04 bits per heavy atom. The van der Waals surface area contributed by atoms with E-state index in [0.717, 1.165) is 43.5 Å². The first kappa shape index (κ1) is 19.6. The summed E-state index contributed by atoms with van der Waals surface area (Å²) in [5.74, 6) is 2.62. The second-order valence-electron chi connectivity index (χ2n) is 6.64. The molecule has 1 aliphatic rings. The molecule has 2 aromatic carbocycles. The molecule has 1 unspecified atom stereocenters. The Morgan fingerprint density at radius 3 is 2.89 bits per heavy atom. The summed E-state index contributed by atoms with van der Waals surface area (Å²) in [6.45, 7) is 3.60. The first-order valence-electron chi connectivity index (χ1n) is 9.10. The highest BCUT2D eigenvalue weighted by Gasteiger charge is 2.24. The number of guanidine groups is 1. The fourth-order valence-electron chi connectivity index (χ4n) is 3.59. The van der Waals surface area contributed by atoms with Crippen LogP contribution >= 0.6 is 24.0 Å². The van der Waals surface area contributed by atoms with Crippen LogP contribution in [0.4, 0.5) is 0 Å². The Labute approximate surface area is 176 Å². The molecule has 0 amide bonds. The van der Waals surface area contributed by atoms with E-state index in [0.29, 0.717) is 0 Å². The van der Waals surface area contributed by atoms with Gasteiger partial charge in [-0.25, -0.2) is 9.67 Å². The number of rotatable bonds is 3. The third-order valence-electron chi connectivity index (χ3n) is 4.84. The Bertz CT molecular complexity index is 943. The summed E-state index contributed by atoms with van der Waals surface area (Å²) in [6.07, 6.45) is 2.13. The topological polar surface area (TPSA) is 67.1 Å². The van der Waals surface area contributed by atoms with Gasteiger partial charge in [0.05, 0.1) is 6.04 Å². The van der Waals surface area contributed by atoms with Crippen molar-refractivity contribution in [3.63, 3.8) is 0 Å². The highest BCUT2D eigenvalue weighted by molar-refractivity contribution is 14.0. The summed E-state index contributed by atoms with van der Waals surface area (Å²) in [6, 6.07) is 15.0. The molecule has 0 aliphatic carbocycles. The second kappa shape index (κ2) is 8.69. The summed E-state index contributed by atoms with van der Waals surface area (Å²) in [5, 5.41) is 13.9. The Balaban J connectivity index is 0.00000210. The zero-order valence-electron chi connectivity index (χ0n) is 15.6. The fraction of sp³-hybridized carbons (Fsp3) is 0.350. The molecule has 27 heavy (non-hydrogen) atoms. The van der Waals surface area contributed by atoms with E-state index in [9.17, 15) is 0 Å². The number of halogens is 1. The minimum absolute atomic E-state index is 0. The van der Waals surface area contributed by atoms with Gasteiger partial charge in [-0.3, -0.25) is 4.99 Å². The molecule has 1 aliphatic heterocycles. The van der Waals surface area contributed by atoms with Gasteiger partial charge in [-0.2, -0.15) is 5.10 Å². The van der Waals surface area contributed by atoms with Crippen LogP contribution in [0.2, 0.25) is 0 Å². The van der Waals surface area contributed by atoms with E-state index in [1.165, 1.54) is 16.3 Å². The van der Waals surface area contributed by atoms with Crippen molar-refractivity contribution in [2.24, 2.45) is 4.99 Å². The first-order valence-corrected chi connectivity index (χ1v) is 9.10. The lowest BCUT2D eigenvalue weighted by Gasteiger charge is -2.25. The Morgan fingerprint density at radius 1 is 1.22 bits per heavy atom. The van der Waals surface area contributed by atoms with Crippen molar-refractivity contribution in [2.75, 3.05) is 7.05 Å². The molecule has 7 heteroatoms. The molecule has 0 spiro atoms. The van der Waals surface area contributed by atoms with Gasteiger partial charge in [0.1, 0.15) is 11.6 Å². The first-order chi connectivity index (χ1) is 12.7. The maximum Gasteiger partial charge on any atom is 0.191 e. The van der Waals surface area contributed by atoms with Crippen LogP contribution in [0.5, 0.6) is 0 Å². The van der Waals surface area contributed by atoms with Crippen molar-refractivity contribution in [1.29, 1.82) is 0 Å². The quantitative estimate of drug-likeness (QED) is 0.345. The average Bonchev–Trinajstić information content (AvgIpc) is 3.06. The van der Waals surface area contributed by atoms with Crippen molar-refractivity contribution in [3.05, 3.63) is 59.7 Å². The lowest BCUT2D eigenvalue weighted by molar-refractivity contribution is 0.397. The lowest BCUT2D eigenvalue weighted by Crippen LogP contribution is -2.41. The molecule has 2 heterocycles. The van der Waals surface area contributed by atoms with Crippen LogP contribution < -0.4 is 10.6 Å². The van der Waals surface area contributed by atoms with Gasteiger partial charge in [-0.1, -0.05) is 42.5 Å². The standard InChI is InChI=1S/C20H24N6.HI/c1-14-23-19-18(11-6-12-26(19)25-14)24-20(21-2)22-13-16-9-5-8-15-7-3-4-10-17(15)16;/h3-5,7-10,18H,6,11-13H2,1-2H3,(H2,21,22,24);1H. The van der Waals surface area contributed by atoms with Crippen molar-refractivity contribution >= 4 is 40.7 Å². The third kappa shape index (κ3) is 4.23. The average molecular weight is 476 g/mol. The van der Waals surface area contributed by atoms with E-state index in [-0.39, 0.29) is 30.0 Å². The minimum Gasteiger partial charge on any atom is -0.352 e. The van der Waals surface area contributed by atoms with E-state index < -0.39 is 0 Å². The van der Waals surface area contributed by atoms with Crippen molar-refractivity contribution in [1.82, 2.24) is 25.4 Å². The maximum absolute atomic E-state index is 4.59. The highest BCUT2D eigenvalue weighted by atomic mass is 127. The second-order valence-corrected chi connectivity index (χ2v) is 6.64. The molecule has 2 N–H and O–H groups in total. The summed E-state index contributed by atoms with van der Waals surface area (Å²) >= 11 is 0.